The Balaban J connectivity index is 0.00000497. The van der Waals surface area contributed by atoms with Crippen LogP contribution in [0.1, 0.15) is 77.7 Å². The highest BCUT2D eigenvalue weighted by molar-refractivity contribution is 7.64. The molecule has 2 atom stereocenters. The Kier molecular flexibility index (Phi) is 19.3. The molecule has 1 aromatic carbocycles. The van der Waals surface area contributed by atoms with Gasteiger partial charge in [-0.1, -0.05) is 65.8 Å². The average Bonchev–Trinajstić information content (AvgIpc) is 2.82. The zero-order valence-electron chi connectivity index (χ0n) is 22.1. The standard InChI is InChI=1S/C25H40Cl2NO2P.C2H6/c1-7-10-22(8-2)30-24-16-20(12-13-25(24)31(5)6)19(11-9-14-29-4)15-21(17-26)23(27)18-28-3;1-2/h12-13,16,18-19,22H,7-11,14-15,17H2,1-6H3;1-2H3/b23-21+,28-18?;. The largest absolute Gasteiger partial charge is 0.490 e. The van der Waals surface area contributed by atoms with Crippen molar-refractivity contribution in [3.63, 3.8) is 0 Å². The first-order valence-electron chi connectivity index (χ1n) is 12.2. The first-order valence-corrected chi connectivity index (χ1v) is 15.4. The molecule has 0 heterocycles. The highest BCUT2D eigenvalue weighted by Crippen LogP contribution is 2.36. The summed E-state index contributed by atoms with van der Waals surface area (Å²) in [5.74, 6) is 1.74. The quantitative estimate of drug-likeness (QED) is 0.101. The minimum absolute atomic E-state index is 0.256. The van der Waals surface area contributed by atoms with Crippen molar-refractivity contribution in [2.24, 2.45) is 4.99 Å². The molecular formula is C27H46Cl2NO2P. The highest BCUT2D eigenvalue weighted by Gasteiger charge is 2.19. The molecule has 0 spiro atoms. The van der Waals surface area contributed by atoms with Gasteiger partial charge in [0.05, 0.1) is 11.1 Å². The van der Waals surface area contributed by atoms with Crippen LogP contribution < -0.4 is 10.0 Å². The van der Waals surface area contributed by atoms with Crippen LogP contribution in [0.4, 0.5) is 0 Å². The Morgan fingerprint density at radius 3 is 2.39 bits per heavy atom. The Labute approximate surface area is 215 Å². The number of hydrogen-bond acceptors (Lipinski definition) is 3. The number of aliphatic imine (C=N–C) groups is 1. The molecule has 6 heteroatoms. The molecule has 0 bridgehead atoms. The molecule has 0 aliphatic carbocycles. The normalized spacial score (nSPS) is 14.0. The second-order valence-electron chi connectivity index (χ2n) is 8.07. The van der Waals surface area contributed by atoms with E-state index in [9.17, 15) is 0 Å². The Morgan fingerprint density at radius 1 is 1.18 bits per heavy atom. The van der Waals surface area contributed by atoms with E-state index in [2.05, 4.69) is 50.4 Å². The number of nitrogens with zero attached hydrogens (tertiary/aromatic N) is 1. The van der Waals surface area contributed by atoms with Gasteiger partial charge in [-0.05, 0) is 68.6 Å². The van der Waals surface area contributed by atoms with Crippen LogP contribution in [0.25, 0.3) is 0 Å². The topological polar surface area (TPSA) is 30.8 Å². The van der Waals surface area contributed by atoms with Gasteiger partial charge in [-0.2, -0.15) is 0 Å². The molecule has 0 N–H and O–H groups in total. The number of halogens is 2. The predicted molar refractivity (Wildman–Crippen MR) is 152 cm³/mol. The van der Waals surface area contributed by atoms with E-state index in [1.54, 1.807) is 20.4 Å². The highest BCUT2D eigenvalue weighted by atomic mass is 35.5. The smallest absolute Gasteiger partial charge is 0.127 e. The number of ether oxygens (including phenoxy) is 2. The van der Waals surface area contributed by atoms with Crippen LogP contribution in [0.5, 0.6) is 5.75 Å². The van der Waals surface area contributed by atoms with E-state index >= 15 is 0 Å². The van der Waals surface area contributed by atoms with E-state index in [1.807, 2.05) is 13.8 Å². The van der Waals surface area contributed by atoms with Gasteiger partial charge >= 0.3 is 0 Å². The molecule has 0 saturated heterocycles. The predicted octanol–water partition coefficient (Wildman–Crippen LogP) is 8.37. The molecule has 1 rings (SSSR count). The van der Waals surface area contributed by atoms with Crippen LogP contribution in [-0.4, -0.2) is 52.3 Å². The van der Waals surface area contributed by atoms with E-state index in [4.69, 9.17) is 32.7 Å². The van der Waals surface area contributed by atoms with E-state index in [-0.39, 0.29) is 14.0 Å². The van der Waals surface area contributed by atoms with Crippen LogP contribution in [0.15, 0.2) is 33.8 Å². The molecule has 1 aromatic rings. The van der Waals surface area contributed by atoms with Gasteiger partial charge in [0, 0.05) is 38.2 Å². The third kappa shape index (κ3) is 12.1. The number of methoxy groups -OCH3 is 1. The maximum absolute atomic E-state index is 6.54. The van der Waals surface area contributed by atoms with E-state index < -0.39 is 0 Å². The van der Waals surface area contributed by atoms with Crippen molar-refractivity contribution >= 4 is 42.6 Å². The summed E-state index contributed by atoms with van der Waals surface area (Å²) in [6.07, 6.45) is 7.95. The van der Waals surface area contributed by atoms with Crippen LogP contribution in [0, 0.1) is 0 Å². The van der Waals surface area contributed by atoms with Crippen LogP contribution in [0.2, 0.25) is 0 Å². The molecule has 0 aromatic heterocycles. The number of benzene rings is 1. The van der Waals surface area contributed by atoms with Crippen LogP contribution in [-0.2, 0) is 4.74 Å². The van der Waals surface area contributed by atoms with Crippen molar-refractivity contribution in [3.8, 4) is 5.75 Å². The summed E-state index contributed by atoms with van der Waals surface area (Å²) in [5, 5.41) is 1.97. The molecule has 0 aliphatic rings. The van der Waals surface area contributed by atoms with Gasteiger partial charge in [-0.3, -0.25) is 4.99 Å². The van der Waals surface area contributed by atoms with Crippen molar-refractivity contribution in [1.29, 1.82) is 0 Å². The fourth-order valence-electron chi connectivity index (χ4n) is 3.68. The molecule has 33 heavy (non-hydrogen) atoms. The van der Waals surface area contributed by atoms with Gasteiger partial charge in [0.1, 0.15) is 5.75 Å². The monoisotopic (exact) mass is 517 g/mol. The maximum atomic E-state index is 6.54. The van der Waals surface area contributed by atoms with Gasteiger partial charge in [-0.25, -0.2) is 0 Å². The Morgan fingerprint density at radius 2 is 1.88 bits per heavy atom. The lowest BCUT2D eigenvalue weighted by atomic mass is 9.88. The summed E-state index contributed by atoms with van der Waals surface area (Å²) in [6, 6.07) is 6.79. The number of hydrogen-bond donors (Lipinski definition) is 0. The minimum Gasteiger partial charge on any atom is -0.490 e. The van der Waals surface area contributed by atoms with Gasteiger partial charge in [0.15, 0.2) is 0 Å². The molecule has 0 amide bonds. The van der Waals surface area contributed by atoms with Crippen LogP contribution >= 0.6 is 31.1 Å². The lowest BCUT2D eigenvalue weighted by Crippen LogP contribution is -2.19. The van der Waals surface area contributed by atoms with Crippen molar-refractivity contribution in [2.75, 3.05) is 40.0 Å². The fraction of sp³-hybridized carbons (Fsp3) is 0.667. The zero-order chi connectivity index (χ0) is 25.2. The molecule has 0 radical (unpaired) electrons. The summed E-state index contributed by atoms with van der Waals surface area (Å²) < 4.78 is 11.8. The average molecular weight is 519 g/mol. The molecular weight excluding hydrogens is 472 g/mol. The van der Waals surface area contributed by atoms with Gasteiger partial charge in [0.2, 0.25) is 0 Å². The van der Waals surface area contributed by atoms with E-state index in [0.717, 1.165) is 56.5 Å². The van der Waals surface area contributed by atoms with Gasteiger partial charge in [0.25, 0.3) is 0 Å². The summed E-state index contributed by atoms with van der Waals surface area (Å²) in [4.78, 5) is 4.05. The van der Waals surface area contributed by atoms with Crippen molar-refractivity contribution < 1.29 is 9.47 Å². The number of rotatable bonds is 15. The fourth-order valence-corrected chi connectivity index (χ4v) is 5.17. The molecule has 0 aliphatic heterocycles. The molecule has 0 saturated carbocycles. The first kappa shape index (κ1) is 32.4. The summed E-state index contributed by atoms with van der Waals surface area (Å²) >= 11 is 12.7. The minimum atomic E-state index is -0.256. The molecule has 3 nitrogen and oxygen atoms in total. The lowest BCUT2D eigenvalue weighted by molar-refractivity contribution is 0.186. The number of alkyl halides is 1. The van der Waals surface area contributed by atoms with Crippen LogP contribution in [0.3, 0.4) is 0 Å². The van der Waals surface area contributed by atoms with E-state index in [1.165, 1.54) is 10.9 Å². The van der Waals surface area contributed by atoms with Crippen molar-refractivity contribution in [2.45, 2.75) is 78.2 Å². The van der Waals surface area contributed by atoms with Crippen molar-refractivity contribution in [3.05, 3.63) is 34.4 Å². The second-order valence-corrected chi connectivity index (χ2v) is 11.0. The zero-order valence-corrected chi connectivity index (χ0v) is 24.5. The first-order chi connectivity index (χ1) is 15.9. The SMILES string of the molecule is CC.CCCC(CC)Oc1cc(C(CCCOC)C/C(CCl)=C(\Cl)C=NC)ccc1P(C)C. The molecule has 2 unspecified atom stereocenters. The van der Waals surface area contributed by atoms with Gasteiger partial charge in [-0.15, -0.1) is 11.6 Å². The Bertz CT molecular complexity index is 707. The maximum Gasteiger partial charge on any atom is 0.127 e. The molecule has 190 valence electrons. The second kappa shape index (κ2) is 19.7. The lowest BCUT2D eigenvalue weighted by Gasteiger charge is -2.24. The van der Waals surface area contributed by atoms with E-state index in [0.29, 0.717) is 16.8 Å². The number of allylic oxidation sites excluding steroid dienone is 2. The third-order valence-electron chi connectivity index (χ3n) is 5.43. The summed E-state index contributed by atoms with van der Waals surface area (Å²) in [6.45, 7) is 13.7. The summed E-state index contributed by atoms with van der Waals surface area (Å²) in [5.41, 5.74) is 2.30. The third-order valence-corrected chi connectivity index (χ3v) is 7.45. The Hall–Kier alpha value is -0.600. The van der Waals surface area contributed by atoms with Gasteiger partial charge < -0.3 is 9.47 Å². The van der Waals surface area contributed by atoms with Crippen molar-refractivity contribution in [1.82, 2.24) is 0 Å². The molecule has 0 fully saturated rings. The summed E-state index contributed by atoms with van der Waals surface area (Å²) in [7, 11) is 3.22.